The van der Waals surface area contributed by atoms with Crippen molar-refractivity contribution in [3.05, 3.63) is 89.7 Å². The first kappa shape index (κ1) is 22.2. The average molecular weight is 442 g/mol. The number of rotatable bonds is 7. The van der Waals surface area contributed by atoms with Gasteiger partial charge in [0.2, 0.25) is 5.91 Å². The van der Waals surface area contributed by atoms with Crippen LogP contribution in [-0.2, 0) is 4.79 Å². The highest BCUT2D eigenvalue weighted by molar-refractivity contribution is 6.05. The molecule has 0 aliphatic carbocycles. The van der Waals surface area contributed by atoms with Crippen LogP contribution in [0.1, 0.15) is 30.5 Å². The molecule has 168 valence electrons. The highest BCUT2D eigenvalue weighted by Gasteiger charge is 2.17. The van der Waals surface area contributed by atoms with Gasteiger partial charge in [-0.15, -0.1) is 0 Å². The van der Waals surface area contributed by atoms with Crippen LogP contribution in [0.15, 0.2) is 77.4 Å². The van der Waals surface area contributed by atoms with Crippen molar-refractivity contribution in [1.29, 1.82) is 0 Å². The minimum atomic E-state index is -0.214. The molecule has 0 spiro atoms. The molecule has 1 aromatic heterocycles. The van der Waals surface area contributed by atoms with E-state index in [1.807, 2.05) is 88.4 Å². The van der Waals surface area contributed by atoms with E-state index in [-0.39, 0.29) is 5.91 Å². The maximum Gasteiger partial charge on any atom is 0.248 e. The van der Waals surface area contributed by atoms with Crippen molar-refractivity contribution in [2.45, 2.75) is 27.7 Å². The summed E-state index contributed by atoms with van der Waals surface area (Å²) in [5.74, 6) is 1.99. The van der Waals surface area contributed by atoms with Gasteiger partial charge in [-0.05, 0) is 81.3 Å². The first-order valence-electron chi connectivity index (χ1n) is 10.9. The average Bonchev–Trinajstić information content (AvgIpc) is 3.18. The van der Waals surface area contributed by atoms with Crippen molar-refractivity contribution in [3.8, 4) is 17.2 Å². The van der Waals surface area contributed by atoms with Crippen LogP contribution < -0.4 is 14.8 Å². The molecule has 0 aliphatic rings. The summed E-state index contributed by atoms with van der Waals surface area (Å²) in [5.41, 5.74) is 5.17. The Labute approximate surface area is 193 Å². The zero-order valence-electron chi connectivity index (χ0n) is 19.3. The number of hydrogen-bond acceptors (Lipinski definition) is 4. The van der Waals surface area contributed by atoms with Crippen LogP contribution in [0.5, 0.6) is 17.2 Å². The van der Waals surface area contributed by atoms with Gasteiger partial charge in [0.25, 0.3) is 0 Å². The second-order valence-corrected chi connectivity index (χ2v) is 7.86. The Morgan fingerprint density at radius 1 is 1.03 bits per heavy atom. The molecule has 4 aromatic rings. The van der Waals surface area contributed by atoms with Crippen molar-refractivity contribution in [1.82, 2.24) is 0 Å². The number of anilines is 1. The van der Waals surface area contributed by atoms with Gasteiger partial charge in [0.1, 0.15) is 22.8 Å². The Morgan fingerprint density at radius 2 is 1.73 bits per heavy atom. The number of nitrogens with one attached hydrogen (secondary N) is 1. The zero-order chi connectivity index (χ0) is 23.4. The number of aryl methyl sites for hydroxylation is 2. The molecule has 1 amide bonds. The fourth-order valence-corrected chi connectivity index (χ4v) is 3.75. The quantitative estimate of drug-likeness (QED) is 0.306. The molecule has 0 bridgehead atoms. The molecule has 0 radical (unpaired) electrons. The molecule has 0 fully saturated rings. The number of hydrogen-bond donors (Lipinski definition) is 1. The summed E-state index contributed by atoms with van der Waals surface area (Å²) >= 11 is 0. The molecule has 5 heteroatoms. The zero-order valence-corrected chi connectivity index (χ0v) is 19.3. The normalized spacial score (nSPS) is 11.5. The minimum Gasteiger partial charge on any atom is -0.493 e. The van der Waals surface area contributed by atoms with Crippen LogP contribution in [-0.4, -0.2) is 12.5 Å². The number of para-hydroxylation sites is 1. The van der Waals surface area contributed by atoms with Gasteiger partial charge in [-0.1, -0.05) is 18.2 Å². The SMILES string of the molecule is CCOc1c(/C(C)=C/C(=O)Nc2ccc(Oc3ccccc3)cc2)cc2c(C)coc2c1C. The van der Waals surface area contributed by atoms with Gasteiger partial charge in [0.05, 0.1) is 12.9 Å². The summed E-state index contributed by atoms with van der Waals surface area (Å²) in [5, 5.41) is 3.93. The van der Waals surface area contributed by atoms with Gasteiger partial charge in [-0.2, -0.15) is 0 Å². The summed E-state index contributed by atoms with van der Waals surface area (Å²) in [6, 6.07) is 18.9. The van der Waals surface area contributed by atoms with Gasteiger partial charge in [-0.3, -0.25) is 4.79 Å². The van der Waals surface area contributed by atoms with Crippen LogP contribution in [0.3, 0.4) is 0 Å². The van der Waals surface area contributed by atoms with Crippen LogP contribution in [0.4, 0.5) is 5.69 Å². The van der Waals surface area contributed by atoms with Gasteiger partial charge in [0.15, 0.2) is 0 Å². The fraction of sp³-hybridized carbons (Fsp3) is 0.179. The first-order chi connectivity index (χ1) is 16.0. The monoisotopic (exact) mass is 441 g/mol. The molecule has 33 heavy (non-hydrogen) atoms. The number of benzene rings is 3. The van der Waals surface area contributed by atoms with Crippen molar-refractivity contribution >= 4 is 28.1 Å². The van der Waals surface area contributed by atoms with Crippen LogP contribution in [0, 0.1) is 13.8 Å². The lowest BCUT2D eigenvalue weighted by Crippen LogP contribution is -2.09. The highest BCUT2D eigenvalue weighted by Crippen LogP contribution is 2.37. The van der Waals surface area contributed by atoms with Crippen molar-refractivity contribution < 1.29 is 18.7 Å². The van der Waals surface area contributed by atoms with Gasteiger partial charge in [-0.25, -0.2) is 0 Å². The second-order valence-electron chi connectivity index (χ2n) is 7.86. The number of carbonyl (C=O) groups is 1. The number of furan rings is 1. The van der Waals surface area contributed by atoms with E-state index in [9.17, 15) is 4.79 Å². The molecule has 0 unspecified atom stereocenters. The molecule has 3 aromatic carbocycles. The lowest BCUT2D eigenvalue weighted by Gasteiger charge is -2.14. The lowest BCUT2D eigenvalue weighted by molar-refractivity contribution is -0.111. The number of carbonyl (C=O) groups excluding carboxylic acids is 1. The van der Waals surface area contributed by atoms with E-state index in [2.05, 4.69) is 5.32 Å². The van der Waals surface area contributed by atoms with E-state index < -0.39 is 0 Å². The van der Waals surface area contributed by atoms with Gasteiger partial charge in [0, 0.05) is 28.3 Å². The third kappa shape index (κ3) is 4.93. The molecule has 4 rings (SSSR count). The summed E-state index contributed by atoms with van der Waals surface area (Å²) in [6.07, 6.45) is 3.33. The molecule has 0 atom stereocenters. The molecular weight excluding hydrogens is 414 g/mol. The fourth-order valence-electron chi connectivity index (χ4n) is 3.75. The van der Waals surface area contributed by atoms with Crippen molar-refractivity contribution in [2.75, 3.05) is 11.9 Å². The lowest BCUT2D eigenvalue weighted by atomic mass is 9.98. The number of ether oxygens (including phenoxy) is 2. The predicted molar refractivity (Wildman–Crippen MR) is 132 cm³/mol. The second kappa shape index (κ2) is 9.65. The van der Waals surface area contributed by atoms with Gasteiger partial charge >= 0.3 is 0 Å². The molecule has 5 nitrogen and oxygen atoms in total. The molecule has 1 N–H and O–H groups in total. The minimum absolute atomic E-state index is 0.214. The Morgan fingerprint density at radius 3 is 2.42 bits per heavy atom. The Balaban J connectivity index is 1.53. The first-order valence-corrected chi connectivity index (χ1v) is 10.9. The summed E-state index contributed by atoms with van der Waals surface area (Å²) in [4.78, 5) is 12.7. The Hall–Kier alpha value is -3.99. The Kier molecular flexibility index (Phi) is 6.50. The number of fused-ring (bicyclic) bond motifs is 1. The molecule has 1 heterocycles. The van der Waals surface area contributed by atoms with E-state index in [0.29, 0.717) is 18.0 Å². The largest absolute Gasteiger partial charge is 0.493 e. The Bertz CT molecular complexity index is 1300. The molecule has 0 saturated heterocycles. The van der Waals surface area contributed by atoms with E-state index in [0.717, 1.165) is 44.7 Å². The molecule has 0 saturated carbocycles. The van der Waals surface area contributed by atoms with Crippen molar-refractivity contribution in [2.24, 2.45) is 0 Å². The van der Waals surface area contributed by atoms with Crippen molar-refractivity contribution in [3.63, 3.8) is 0 Å². The van der Waals surface area contributed by atoms with E-state index >= 15 is 0 Å². The third-order valence-corrected chi connectivity index (χ3v) is 5.40. The topological polar surface area (TPSA) is 60.7 Å². The third-order valence-electron chi connectivity index (χ3n) is 5.40. The van der Waals surface area contributed by atoms with Crippen LogP contribution in [0.25, 0.3) is 16.5 Å². The smallest absolute Gasteiger partial charge is 0.248 e. The van der Waals surface area contributed by atoms with Crippen LogP contribution >= 0.6 is 0 Å². The number of amides is 1. The maximum absolute atomic E-state index is 12.7. The van der Waals surface area contributed by atoms with Crippen LogP contribution in [0.2, 0.25) is 0 Å². The van der Waals surface area contributed by atoms with E-state index in [4.69, 9.17) is 13.9 Å². The number of allylic oxidation sites excluding steroid dienone is 1. The standard InChI is InChI=1S/C28H27NO4/c1-5-31-27-20(4)28-25(19(3)17-32-28)16-24(27)18(2)15-26(30)29-21-11-13-23(14-12-21)33-22-9-7-6-8-10-22/h6-17H,5H2,1-4H3,(H,29,30)/b18-15+. The van der Waals surface area contributed by atoms with Gasteiger partial charge < -0.3 is 19.2 Å². The maximum atomic E-state index is 12.7. The predicted octanol–water partition coefficient (Wildman–Crippen LogP) is 7.28. The summed E-state index contributed by atoms with van der Waals surface area (Å²) in [7, 11) is 0. The van der Waals surface area contributed by atoms with E-state index in [1.54, 1.807) is 12.3 Å². The molecule has 0 aliphatic heterocycles. The van der Waals surface area contributed by atoms with E-state index in [1.165, 1.54) is 0 Å². The highest BCUT2D eigenvalue weighted by atomic mass is 16.5. The summed E-state index contributed by atoms with van der Waals surface area (Å²) < 4.78 is 17.4. The molecular formula is C28H27NO4. The summed E-state index contributed by atoms with van der Waals surface area (Å²) in [6.45, 7) is 8.36.